The molecule has 0 amide bonds. The molecule has 1 aromatic carbocycles. The van der Waals surface area contributed by atoms with Gasteiger partial charge in [0.25, 0.3) is 0 Å². The van der Waals surface area contributed by atoms with E-state index in [2.05, 4.69) is 67.4 Å². The van der Waals surface area contributed by atoms with E-state index >= 15 is 0 Å². The number of hydrogen-bond donors (Lipinski definition) is 1. The van der Waals surface area contributed by atoms with Gasteiger partial charge in [0.1, 0.15) is 0 Å². The second-order valence-electron chi connectivity index (χ2n) is 5.40. The first-order chi connectivity index (χ1) is 11.3. The smallest absolute Gasteiger partial charge is 0.0459 e. The zero-order chi connectivity index (χ0) is 17.1. The summed E-state index contributed by atoms with van der Waals surface area (Å²) in [4.78, 5) is 3.61. The van der Waals surface area contributed by atoms with Crippen molar-refractivity contribution in [3.8, 4) is 0 Å². The van der Waals surface area contributed by atoms with E-state index < -0.39 is 0 Å². The summed E-state index contributed by atoms with van der Waals surface area (Å²) in [7, 11) is 0. The van der Waals surface area contributed by atoms with Crippen molar-refractivity contribution in [2.24, 2.45) is 0 Å². The van der Waals surface area contributed by atoms with Crippen LogP contribution in [0.5, 0.6) is 0 Å². The molecule has 1 heteroatoms. The van der Waals surface area contributed by atoms with Gasteiger partial charge in [0.05, 0.1) is 0 Å². The minimum atomic E-state index is 0.397. The lowest BCUT2D eigenvalue weighted by Gasteiger charge is -2.08. The summed E-state index contributed by atoms with van der Waals surface area (Å²) in [6.07, 6.45) is 14.9. The molecular weight excluding hydrogens is 278 g/mol. The zero-order valence-corrected chi connectivity index (χ0v) is 15.3. The highest BCUT2D eigenvalue weighted by atomic mass is 14.7. The maximum absolute atomic E-state index is 3.61. The predicted octanol–water partition coefficient (Wildman–Crippen LogP) is 6.94. The van der Waals surface area contributed by atoms with Crippen LogP contribution in [-0.2, 0) is 6.42 Å². The van der Waals surface area contributed by atoms with Crippen LogP contribution < -0.4 is 0 Å². The maximum Gasteiger partial charge on any atom is 0.0459 e. The van der Waals surface area contributed by atoms with Gasteiger partial charge in [0, 0.05) is 22.5 Å². The number of para-hydroxylation sites is 1. The Bertz CT molecular complexity index is 656. The lowest BCUT2D eigenvalue weighted by Crippen LogP contribution is -1.95. The van der Waals surface area contributed by atoms with E-state index in [1.54, 1.807) is 0 Å². The van der Waals surface area contributed by atoms with E-state index in [0.717, 1.165) is 6.42 Å². The van der Waals surface area contributed by atoms with Crippen LogP contribution >= 0.6 is 0 Å². The first kappa shape index (κ1) is 19.0. The largest absolute Gasteiger partial charge is 0.358 e. The number of hydrogen-bond acceptors (Lipinski definition) is 0. The third-order valence-corrected chi connectivity index (χ3v) is 3.73. The summed E-state index contributed by atoms with van der Waals surface area (Å²) in [5.74, 6) is 0.397. The van der Waals surface area contributed by atoms with E-state index in [0.29, 0.717) is 5.92 Å². The molecule has 2 rings (SSSR count). The van der Waals surface area contributed by atoms with Crippen LogP contribution in [0.25, 0.3) is 10.9 Å². The number of rotatable bonds is 6. The Morgan fingerprint density at radius 1 is 1.04 bits per heavy atom. The van der Waals surface area contributed by atoms with Crippen molar-refractivity contribution in [3.63, 3.8) is 0 Å². The second kappa shape index (κ2) is 10.7. The summed E-state index contributed by atoms with van der Waals surface area (Å²) < 4.78 is 0. The Morgan fingerprint density at radius 2 is 1.74 bits per heavy atom. The molecule has 0 aliphatic rings. The quantitative estimate of drug-likeness (QED) is 0.556. The number of benzene rings is 1. The topological polar surface area (TPSA) is 15.8 Å². The summed E-state index contributed by atoms with van der Waals surface area (Å²) >= 11 is 0. The van der Waals surface area contributed by atoms with E-state index in [4.69, 9.17) is 0 Å². The van der Waals surface area contributed by atoms with Crippen molar-refractivity contribution in [1.82, 2.24) is 4.98 Å². The van der Waals surface area contributed by atoms with Gasteiger partial charge in [-0.2, -0.15) is 0 Å². The Labute approximate surface area is 141 Å². The minimum absolute atomic E-state index is 0.397. The fourth-order valence-corrected chi connectivity index (χ4v) is 2.70. The molecule has 124 valence electrons. The lowest BCUT2D eigenvalue weighted by atomic mass is 9.98. The summed E-state index contributed by atoms with van der Waals surface area (Å²) in [5.41, 5.74) is 4.08. The Hall–Kier alpha value is -2.02. The standard InChI is InChI=1S/C20H25N.C2H6/c1-4-6-7-8-9-13-16(3)20-18(12-5-2)17-14-10-11-15-19(17)21-20;1-2/h4,6-11,13-16,21H,5,12H2,1-3H3;1-2H3/b6-4+,8-7-,13-9+;. The number of aromatic amines is 1. The molecule has 1 N–H and O–H groups in total. The van der Waals surface area contributed by atoms with Gasteiger partial charge in [-0.25, -0.2) is 0 Å². The molecule has 1 aromatic heterocycles. The van der Waals surface area contributed by atoms with E-state index in [9.17, 15) is 0 Å². The van der Waals surface area contributed by atoms with Gasteiger partial charge in [-0.1, -0.05) is 88.8 Å². The van der Waals surface area contributed by atoms with Gasteiger partial charge in [-0.05, 0) is 25.0 Å². The molecule has 1 atom stereocenters. The minimum Gasteiger partial charge on any atom is -0.358 e. The highest BCUT2D eigenvalue weighted by Crippen LogP contribution is 2.29. The number of nitrogens with one attached hydrogen (secondary N) is 1. The van der Waals surface area contributed by atoms with Crippen molar-refractivity contribution in [2.45, 2.75) is 53.4 Å². The number of allylic oxidation sites excluding steroid dienone is 6. The average Bonchev–Trinajstić information content (AvgIpc) is 2.96. The molecule has 0 saturated heterocycles. The van der Waals surface area contributed by atoms with Gasteiger partial charge in [0.2, 0.25) is 0 Å². The molecule has 0 bridgehead atoms. The van der Waals surface area contributed by atoms with Crippen LogP contribution in [-0.4, -0.2) is 4.98 Å². The number of H-pyrrole nitrogens is 1. The van der Waals surface area contributed by atoms with E-state index in [-0.39, 0.29) is 0 Å². The first-order valence-electron chi connectivity index (χ1n) is 8.83. The van der Waals surface area contributed by atoms with Gasteiger partial charge in [-0.3, -0.25) is 0 Å². The van der Waals surface area contributed by atoms with Crippen molar-refractivity contribution < 1.29 is 0 Å². The maximum atomic E-state index is 3.61. The third kappa shape index (κ3) is 5.28. The van der Waals surface area contributed by atoms with Crippen molar-refractivity contribution in [1.29, 1.82) is 0 Å². The lowest BCUT2D eigenvalue weighted by molar-refractivity contribution is 0.858. The summed E-state index contributed by atoms with van der Waals surface area (Å²) in [5, 5.41) is 1.37. The summed E-state index contributed by atoms with van der Waals surface area (Å²) in [6.45, 7) is 10.5. The highest BCUT2D eigenvalue weighted by Gasteiger charge is 2.13. The molecule has 0 radical (unpaired) electrons. The molecule has 2 aromatic rings. The molecule has 0 fully saturated rings. The van der Waals surface area contributed by atoms with E-state index in [1.807, 2.05) is 32.9 Å². The first-order valence-corrected chi connectivity index (χ1v) is 8.83. The average molecular weight is 309 g/mol. The van der Waals surface area contributed by atoms with E-state index in [1.165, 1.54) is 28.6 Å². The Morgan fingerprint density at radius 3 is 2.43 bits per heavy atom. The van der Waals surface area contributed by atoms with Crippen LogP contribution in [0.15, 0.2) is 60.7 Å². The van der Waals surface area contributed by atoms with Crippen LogP contribution in [0.4, 0.5) is 0 Å². The van der Waals surface area contributed by atoms with Crippen molar-refractivity contribution >= 4 is 10.9 Å². The molecule has 23 heavy (non-hydrogen) atoms. The zero-order valence-electron chi connectivity index (χ0n) is 15.3. The van der Waals surface area contributed by atoms with Crippen LogP contribution in [0.2, 0.25) is 0 Å². The molecule has 0 aliphatic carbocycles. The number of fused-ring (bicyclic) bond motifs is 1. The second-order valence-corrected chi connectivity index (χ2v) is 5.40. The van der Waals surface area contributed by atoms with Crippen LogP contribution in [0.3, 0.4) is 0 Å². The molecule has 1 nitrogen and oxygen atoms in total. The molecule has 1 unspecified atom stereocenters. The normalized spacial score (nSPS) is 13.1. The van der Waals surface area contributed by atoms with Crippen LogP contribution in [0, 0.1) is 0 Å². The molecule has 0 saturated carbocycles. The highest BCUT2D eigenvalue weighted by molar-refractivity contribution is 5.85. The Balaban J connectivity index is 0.00000127. The molecular formula is C22H31N. The fourth-order valence-electron chi connectivity index (χ4n) is 2.70. The van der Waals surface area contributed by atoms with Gasteiger partial charge in [0.15, 0.2) is 0 Å². The number of aryl methyl sites for hydroxylation is 1. The van der Waals surface area contributed by atoms with Crippen molar-refractivity contribution in [3.05, 3.63) is 72.0 Å². The van der Waals surface area contributed by atoms with Crippen molar-refractivity contribution in [2.75, 3.05) is 0 Å². The van der Waals surface area contributed by atoms with Gasteiger partial charge < -0.3 is 4.98 Å². The SMILES string of the molecule is C/C=C/C=C\C=C\C(C)c1[nH]c2ccccc2c1CCC.CC. The third-order valence-electron chi connectivity index (χ3n) is 3.73. The predicted molar refractivity (Wildman–Crippen MR) is 105 cm³/mol. The fraction of sp³-hybridized carbons (Fsp3) is 0.364. The van der Waals surface area contributed by atoms with Gasteiger partial charge >= 0.3 is 0 Å². The number of aromatic nitrogens is 1. The van der Waals surface area contributed by atoms with Gasteiger partial charge in [-0.15, -0.1) is 0 Å². The monoisotopic (exact) mass is 309 g/mol. The molecule has 0 aliphatic heterocycles. The summed E-state index contributed by atoms with van der Waals surface area (Å²) in [6, 6.07) is 8.61. The molecule has 0 spiro atoms. The Kier molecular flexibility index (Phi) is 8.82. The van der Waals surface area contributed by atoms with Crippen LogP contribution in [0.1, 0.15) is 58.2 Å². The molecule has 1 heterocycles.